The lowest BCUT2D eigenvalue weighted by molar-refractivity contribution is 0.548. The average molecular weight is 395 g/mol. The summed E-state index contributed by atoms with van der Waals surface area (Å²) in [6, 6.07) is 15.0. The van der Waals surface area contributed by atoms with Crippen molar-refractivity contribution in [2.45, 2.75) is 71.6 Å². The molecule has 0 bridgehead atoms. The standard InChI is InChI=1S/C27H32F2/c1-3-5-7-8-9-10-22-12-14-23(15-13-22)16-17-24-18-20-25(21-19-24)27(29)26(28)11-6-4-2/h12-15,18-21H,3-11H2,1-2H3. The van der Waals surface area contributed by atoms with Gasteiger partial charge in [0.15, 0.2) is 5.83 Å². The molecule has 0 spiro atoms. The van der Waals surface area contributed by atoms with Crippen molar-refractivity contribution >= 4 is 5.83 Å². The molecule has 2 rings (SSSR count). The minimum atomic E-state index is -0.761. The number of benzene rings is 2. The van der Waals surface area contributed by atoms with Crippen molar-refractivity contribution < 1.29 is 8.78 Å². The molecule has 0 atom stereocenters. The van der Waals surface area contributed by atoms with Crippen molar-refractivity contribution in [1.29, 1.82) is 0 Å². The van der Waals surface area contributed by atoms with Crippen molar-refractivity contribution in [3.8, 4) is 11.8 Å². The number of allylic oxidation sites excluding steroid dienone is 1. The summed E-state index contributed by atoms with van der Waals surface area (Å²) in [4.78, 5) is 0. The first kappa shape index (κ1) is 22.9. The van der Waals surface area contributed by atoms with Gasteiger partial charge in [-0.1, -0.05) is 82.1 Å². The second-order valence-corrected chi connectivity index (χ2v) is 7.51. The van der Waals surface area contributed by atoms with Gasteiger partial charge >= 0.3 is 0 Å². The van der Waals surface area contributed by atoms with Crippen molar-refractivity contribution in [1.82, 2.24) is 0 Å². The van der Waals surface area contributed by atoms with E-state index < -0.39 is 11.7 Å². The average Bonchev–Trinajstić information content (AvgIpc) is 2.76. The lowest BCUT2D eigenvalue weighted by Crippen LogP contribution is -1.87. The summed E-state index contributed by atoms with van der Waals surface area (Å²) in [5.74, 6) is 4.80. The zero-order chi connectivity index (χ0) is 20.9. The minimum absolute atomic E-state index is 0.151. The smallest absolute Gasteiger partial charge is 0.161 e. The van der Waals surface area contributed by atoms with Gasteiger partial charge < -0.3 is 0 Å². The van der Waals surface area contributed by atoms with E-state index in [2.05, 4.69) is 30.9 Å². The Morgan fingerprint density at radius 1 is 0.690 bits per heavy atom. The molecule has 0 saturated carbocycles. The Bertz CT molecular complexity index is 818. The van der Waals surface area contributed by atoms with Crippen LogP contribution in [0.1, 0.15) is 87.5 Å². The Morgan fingerprint density at radius 2 is 1.24 bits per heavy atom. The predicted octanol–water partition coefficient (Wildman–Crippen LogP) is 8.40. The van der Waals surface area contributed by atoms with Crippen molar-refractivity contribution in [3.63, 3.8) is 0 Å². The Labute approximate surface area is 175 Å². The Hall–Kier alpha value is -2.40. The van der Waals surface area contributed by atoms with Crippen LogP contribution in [0.2, 0.25) is 0 Å². The van der Waals surface area contributed by atoms with Gasteiger partial charge in [-0.15, -0.1) is 0 Å². The summed E-state index contributed by atoms with van der Waals surface area (Å²) >= 11 is 0. The fraction of sp³-hybridized carbons (Fsp3) is 0.407. The van der Waals surface area contributed by atoms with Crippen LogP contribution >= 0.6 is 0 Å². The van der Waals surface area contributed by atoms with E-state index in [1.165, 1.54) is 37.7 Å². The molecule has 2 heteroatoms. The van der Waals surface area contributed by atoms with Gasteiger partial charge in [0, 0.05) is 23.1 Å². The molecule has 2 aromatic carbocycles. The van der Waals surface area contributed by atoms with Crippen LogP contribution in [0.25, 0.3) is 5.83 Å². The molecule has 2 aromatic rings. The number of hydrogen-bond acceptors (Lipinski definition) is 0. The van der Waals surface area contributed by atoms with E-state index in [4.69, 9.17) is 0 Å². The van der Waals surface area contributed by atoms with Crippen LogP contribution in [0, 0.1) is 11.8 Å². The van der Waals surface area contributed by atoms with E-state index in [-0.39, 0.29) is 12.0 Å². The highest BCUT2D eigenvalue weighted by molar-refractivity contribution is 5.62. The number of aryl methyl sites for hydroxylation is 1. The van der Waals surface area contributed by atoms with E-state index >= 15 is 0 Å². The van der Waals surface area contributed by atoms with Gasteiger partial charge in [0.2, 0.25) is 0 Å². The van der Waals surface area contributed by atoms with E-state index in [1.807, 2.05) is 19.1 Å². The summed E-state index contributed by atoms with van der Waals surface area (Å²) in [6.07, 6.45) is 9.22. The molecule has 0 N–H and O–H groups in total. The second-order valence-electron chi connectivity index (χ2n) is 7.51. The first-order valence-corrected chi connectivity index (χ1v) is 10.9. The summed E-state index contributed by atoms with van der Waals surface area (Å²) in [5, 5.41) is 0. The lowest BCUT2D eigenvalue weighted by Gasteiger charge is -2.02. The molecule has 0 nitrogen and oxygen atoms in total. The molecule has 0 saturated heterocycles. The molecule has 0 radical (unpaired) electrons. The highest BCUT2D eigenvalue weighted by atomic mass is 19.2. The van der Waals surface area contributed by atoms with Gasteiger partial charge in [-0.3, -0.25) is 0 Å². The third-order valence-corrected chi connectivity index (χ3v) is 5.00. The lowest BCUT2D eigenvalue weighted by atomic mass is 10.0. The zero-order valence-electron chi connectivity index (χ0n) is 17.7. The van der Waals surface area contributed by atoms with Crippen molar-refractivity contribution in [3.05, 3.63) is 76.6 Å². The normalized spacial score (nSPS) is 11.6. The summed E-state index contributed by atoms with van der Waals surface area (Å²) in [6.45, 7) is 4.19. The molecular weight excluding hydrogens is 362 g/mol. The number of halogens is 2. The SMILES string of the molecule is CCCCCCCc1ccc(C#Cc2ccc(C(F)=C(F)CCCC)cc2)cc1. The quantitative estimate of drug-likeness (QED) is 0.280. The molecule has 0 heterocycles. The Morgan fingerprint density at radius 3 is 1.83 bits per heavy atom. The van der Waals surface area contributed by atoms with E-state index in [0.29, 0.717) is 6.42 Å². The van der Waals surface area contributed by atoms with Crippen LogP contribution in [0.4, 0.5) is 8.78 Å². The predicted molar refractivity (Wildman–Crippen MR) is 120 cm³/mol. The second kappa shape index (κ2) is 12.9. The van der Waals surface area contributed by atoms with Gasteiger partial charge in [0.25, 0.3) is 0 Å². The third-order valence-electron chi connectivity index (χ3n) is 5.00. The Kier molecular flexibility index (Phi) is 10.2. The van der Waals surface area contributed by atoms with Crippen LogP contribution in [-0.2, 0) is 6.42 Å². The molecule has 0 unspecified atom stereocenters. The number of hydrogen-bond donors (Lipinski definition) is 0. The van der Waals surface area contributed by atoms with E-state index in [9.17, 15) is 8.78 Å². The summed E-state index contributed by atoms with van der Waals surface area (Å²) in [7, 11) is 0. The molecule has 0 aromatic heterocycles. The number of rotatable bonds is 10. The summed E-state index contributed by atoms with van der Waals surface area (Å²) < 4.78 is 27.9. The topological polar surface area (TPSA) is 0 Å². The van der Waals surface area contributed by atoms with E-state index in [1.54, 1.807) is 24.3 Å². The third kappa shape index (κ3) is 8.24. The van der Waals surface area contributed by atoms with Crippen LogP contribution < -0.4 is 0 Å². The highest BCUT2D eigenvalue weighted by Gasteiger charge is 2.08. The molecule has 29 heavy (non-hydrogen) atoms. The fourth-order valence-electron chi connectivity index (χ4n) is 3.13. The monoisotopic (exact) mass is 394 g/mol. The molecule has 0 aliphatic rings. The summed E-state index contributed by atoms with van der Waals surface area (Å²) in [5.41, 5.74) is 3.37. The molecule has 154 valence electrons. The minimum Gasteiger partial charge on any atom is -0.209 e. The van der Waals surface area contributed by atoms with Crippen molar-refractivity contribution in [2.24, 2.45) is 0 Å². The maximum absolute atomic E-state index is 14.1. The van der Waals surface area contributed by atoms with Gasteiger partial charge in [-0.05, 0) is 49.1 Å². The van der Waals surface area contributed by atoms with Crippen LogP contribution in [0.3, 0.4) is 0 Å². The van der Waals surface area contributed by atoms with Gasteiger partial charge in [-0.25, -0.2) is 8.78 Å². The highest BCUT2D eigenvalue weighted by Crippen LogP contribution is 2.25. The number of unbranched alkanes of at least 4 members (excludes halogenated alkanes) is 5. The zero-order valence-corrected chi connectivity index (χ0v) is 17.7. The van der Waals surface area contributed by atoms with Crippen LogP contribution in [0.5, 0.6) is 0 Å². The van der Waals surface area contributed by atoms with Gasteiger partial charge in [0.1, 0.15) is 5.83 Å². The molecular formula is C27H32F2. The molecule has 0 amide bonds. The molecule has 0 aliphatic heterocycles. The molecule has 0 fully saturated rings. The maximum atomic E-state index is 14.1. The van der Waals surface area contributed by atoms with Crippen LogP contribution in [-0.4, -0.2) is 0 Å². The largest absolute Gasteiger partial charge is 0.209 e. The van der Waals surface area contributed by atoms with Crippen LogP contribution in [0.15, 0.2) is 54.4 Å². The van der Waals surface area contributed by atoms with Crippen molar-refractivity contribution in [2.75, 3.05) is 0 Å². The van der Waals surface area contributed by atoms with Gasteiger partial charge in [-0.2, -0.15) is 0 Å². The first-order valence-electron chi connectivity index (χ1n) is 10.9. The molecule has 0 aliphatic carbocycles. The van der Waals surface area contributed by atoms with E-state index in [0.717, 1.165) is 24.0 Å². The fourth-order valence-corrected chi connectivity index (χ4v) is 3.13. The maximum Gasteiger partial charge on any atom is 0.161 e. The Balaban J connectivity index is 1.92. The first-order chi connectivity index (χ1) is 14.1. The van der Waals surface area contributed by atoms with Gasteiger partial charge in [0.05, 0.1) is 0 Å².